The van der Waals surface area contributed by atoms with Crippen molar-refractivity contribution in [3.63, 3.8) is 0 Å². The van der Waals surface area contributed by atoms with Gasteiger partial charge in [-0.3, -0.25) is 9.79 Å². The van der Waals surface area contributed by atoms with Gasteiger partial charge in [-0.15, -0.1) is 45.5 Å². The molecule has 2 aromatic heterocycles. The molecule has 0 aliphatic carbocycles. The minimum atomic E-state index is 0. The van der Waals surface area contributed by atoms with E-state index in [1.807, 2.05) is 16.4 Å². The lowest BCUT2D eigenvalue weighted by molar-refractivity contribution is -0.131. The summed E-state index contributed by atoms with van der Waals surface area (Å²) in [5, 5.41) is 16.7. The van der Waals surface area contributed by atoms with Crippen molar-refractivity contribution in [2.75, 3.05) is 26.2 Å². The van der Waals surface area contributed by atoms with Crippen LogP contribution in [0.25, 0.3) is 0 Å². The average molecular weight is 531 g/mol. The predicted molar refractivity (Wildman–Crippen MR) is 127 cm³/mol. The minimum absolute atomic E-state index is 0. The van der Waals surface area contributed by atoms with Gasteiger partial charge in [-0.1, -0.05) is 6.92 Å². The lowest BCUT2D eigenvalue weighted by Gasteiger charge is -2.26. The SMILES string of the molecule is CCNC(=NCCC(=O)N1CCc2sccc2C1)NCCn1cnnc1CC.I. The van der Waals surface area contributed by atoms with Gasteiger partial charge in [-0.25, -0.2) is 0 Å². The Hall–Kier alpha value is -1.69. The van der Waals surface area contributed by atoms with Crippen molar-refractivity contribution in [3.8, 4) is 0 Å². The summed E-state index contributed by atoms with van der Waals surface area (Å²) in [6.07, 6.45) is 4.01. The van der Waals surface area contributed by atoms with Gasteiger partial charge in [0.2, 0.25) is 5.91 Å². The topological polar surface area (TPSA) is 87.4 Å². The van der Waals surface area contributed by atoms with E-state index in [4.69, 9.17) is 0 Å². The lowest BCUT2D eigenvalue weighted by Crippen LogP contribution is -2.39. The third-order valence-electron chi connectivity index (χ3n) is 4.76. The van der Waals surface area contributed by atoms with E-state index in [1.165, 1.54) is 10.4 Å². The number of aryl methyl sites for hydroxylation is 1. The number of hydrogen-bond acceptors (Lipinski definition) is 5. The molecule has 2 aromatic rings. The largest absolute Gasteiger partial charge is 0.357 e. The van der Waals surface area contributed by atoms with E-state index in [9.17, 15) is 4.79 Å². The van der Waals surface area contributed by atoms with Crippen molar-refractivity contribution >= 4 is 47.2 Å². The first kappa shape index (κ1) is 23.6. The van der Waals surface area contributed by atoms with Crippen LogP contribution in [0.4, 0.5) is 0 Å². The normalized spacial score (nSPS) is 13.6. The summed E-state index contributed by atoms with van der Waals surface area (Å²) in [4.78, 5) is 20.4. The highest BCUT2D eigenvalue weighted by Gasteiger charge is 2.20. The number of halogens is 1. The van der Waals surface area contributed by atoms with Gasteiger partial charge in [0.05, 0.1) is 6.54 Å². The molecule has 1 aliphatic rings. The van der Waals surface area contributed by atoms with Crippen molar-refractivity contribution in [2.45, 2.75) is 46.2 Å². The summed E-state index contributed by atoms with van der Waals surface area (Å²) in [6, 6.07) is 2.13. The smallest absolute Gasteiger partial charge is 0.224 e. The number of rotatable bonds is 8. The molecule has 8 nitrogen and oxygen atoms in total. The summed E-state index contributed by atoms with van der Waals surface area (Å²) in [5.41, 5.74) is 1.29. The molecule has 0 unspecified atom stereocenters. The zero-order valence-corrected chi connectivity index (χ0v) is 20.2. The Morgan fingerprint density at radius 1 is 1.34 bits per heavy atom. The second-order valence-electron chi connectivity index (χ2n) is 6.67. The highest BCUT2D eigenvalue weighted by atomic mass is 127. The van der Waals surface area contributed by atoms with E-state index in [0.29, 0.717) is 13.0 Å². The first-order chi connectivity index (χ1) is 13.7. The molecule has 3 heterocycles. The first-order valence-electron chi connectivity index (χ1n) is 9.93. The Balaban J connectivity index is 0.00000300. The van der Waals surface area contributed by atoms with Crippen molar-refractivity contribution < 1.29 is 4.79 Å². The summed E-state index contributed by atoms with van der Waals surface area (Å²) in [5.74, 6) is 1.89. The van der Waals surface area contributed by atoms with Crippen molar-refractivity contribution in [1.82, 2.24) is 30.3 Å². The number of aromatic nitrogens is 3. The Kier molecular flexibility index (Phi) is 9.85. The lowest BCUT2D eigenvalue weighted by atomic mass is 10.1. The number of amides is 1. The standard InChI is InChI=1S/C19H29N7OS.HI/c1-3-17-24-23-14-26(17)11-9-22-19(20-4-2)21-8-5-18(27)25-10-6-16-15(13-25)7-12-28-16;/h7,12,14H,3-6,8-11,13H2,1-2H3,(H2,20,21,22);1H. The van der Waals surface area contributed by atoms with Gasteiger partial charge in [-0.2, -0.15) is 0 Å². The van der Waals surface area contributed by atoms with Gasteiger partial charge in [0.1, 0.15) is 12.2 Å². The Labute approximate surface area is 193 Å². The zero-order chi connectivity index (χ0) is 19.8. The fourth-order valence-corrected chi connectivity index (χ4v) is 4.15. The second kappa shape index (κ2) is 12.1. The molecule has 0 bridgehead atoms. The Bertz CT molecular complexity index is 804. The van der Waals surface area contributed by atoms with E-state index >= 15 is 0 Å². The van der Waals surface area contributed by atoms with Gasteiger partial charge in [0.15, 0.2) is 5.96 Å². The summed E-state index contributed by atoms with van der Waals surface area (Å²) in [7, 11) is 0. The monoisotopic (exact) mass is 531 g/mol. The first-order valence-corrected chi connectivity index (χ1v) is 10.8. The molecule has 3 rings (SSSR count). The van der Waals surface area contributed by atoms with E-state index in [0.717, 1.165) is 57.3 Å². The van der Waals surface area contributed by atoms with Gasteiger partial charge in [-0.05, 0) is 30.4 Å². The van der Waals surface area contributed by atoms with E-state index in [1.54, 1.807) is 17.7 Å². The number of nitrogens with zero attached hydrogens (tertiary/aromatic N) is 5. The summed E-state index contributed by atoms with van der Waals surface area (Å²) >= 11 is 1.79. The summed E-state index contributed by atoms with van der Waals surface area (Å²) in [6.45, 7) is 8.40. The maximum atomic E-state index is 12.5. The third kappa shape index (κ3) is 6.66. The highest BCUT2D eigenvalue weighted by Crippen LogP contribution is 2.24. The number of guanidine groups is 1. The minimum Gasteiger partial charge on any atom is -0.357 e. The molecule has 0 saturated carbocycles. The quantitative estimate of drug-likeness (QED) is 0.310. The van der Waals surface area contributed by atoms with E-state index in [-0.39, 0.29) is 29.9 Å². The number of carbonyl (C=O) groups excluding carboxylic acids is 1. The maximum absolute atomic E-state index is 12.5. The number of hydrogen-bond donors (Lipinski definition) is 2. The fraction of sp³-hybridized carbons (Fsp3) is 0.579. The highest BCUT2D eigenvalue weighted by molar-refractivity contribution is 14.0. The van der Waals surface area contributed by atoms with Crippen LogP contribution < -0.4 is 10.6 Å². The Morgan fingerprint density at radius 2 is 2.21 bits per heavy atom. The van der Waals surface area contributed by atoms with Crippen LogP contribution in [0.5, 0.6) is 0 Å². The molecule has 2 N–H and O–H groups in total. The van der Waals surface area contributed by atoms with Gasteiger partial charge >= 0.3 is 0 Å². The van der Waals surface area contributed by atoms with Crippen LogP contribution in [0.1, 0.15) is 36.5 Å². The molecule has 10 heteroatoms. The molecule has 160 valence electrons. The van der Waals surface area contributed by atoms with Gasteiger partial charge in [0.25, 0.3) is 0 Å². The van der Waals surface area contributed by atoms with Crippen LogP contribution in [0.3, 0.4) is 0 Å². The second-order valence-corrected chi connectivity index (χ2v) is 7.67. The molecular formula is C19H30IN7OS. The van der Waals surface area contributed by atoms with E-state index in [2.05, 4.69) is 44.2 Å². The van der Waals surface area contributed by atoms with Crippen LogP contribution in [0, 0.1) is 0 Å². The van der Waals surface area contributed by atoms with Gasteiger partial charge < -0.3 is 20.1 Å². The number of aliphatic imine (C=N–C) groups is 1. The molecule has 29 heavy (non-hydrogen) atoms. The molecule has 0 saturated heterocycles. The predicted octanol–water partition coefficient (Wildman–Crippen LogP) is 2.05. The van der Waals surface area contributed by atoms with Crippen molar-refractivity contribution in [3.05, 3.63) is 34.0 Å². The maximum Gasteiger partial charge on any atom is 0.224 e. The third-order valence-corrected chi connectivity index (χ3v) is 5.78. The fourth-order valence-electron chi connectivity index (χ4n) is 3.26. The van der Waals surface area contributed by atoms with Crippen LogP contribution in [0.15, 0.2) is 22.8 Å². The molecule has 0 spiro atoms. The number of carbonyl (C=O) groups is 1. The van der Waals surface area contributed by atoms with Crippen molar-refractivity contribution in [2.24, 2.45) is 4.99 Å². The van der Waals surface area contributed by atoms with E-state index < -0.39 is 0 Å². The zero-order valence-electron chi connectivity index (χ0n) is 17.1. The summed E-state index contributed by atoms with van der Waals surface area (Å²) < 4.78 is 2.04. The van der Waals surface area contributed by atoms with Gasteiger partial charge in [0, 0.05) is 50.4 Å². The molecule has 0 fully saturated rings. The van der Waals surface area contributed by atoms with Crippen LogP contribution in [-0.4, -0.2) is 57.7 Å². The number of fused-ring (bicyclic) bond motifs is 1. The molecule has 0 atom stereocenters. The molecule has 1 amide bonds. The molecule has 0 aromatic carbocycles. The molecular weight excluding hydrogens is 501 g/mol. The number of thiophene rings is 1. The number of nitrogens with one attached hydrogen (secondary N) is 2. The van der Waals surface area contributed by atoms with Crippen LogP contribution in [0.2, 0.25) is 0 Å². The van der Waals surface area contributed by atoms with Crippen LogP contribution in [-0.2, 0) is 30.7 Å². The van der Waals surface area contributed by atoms with Crippen LogP contribution >= 0.6 is 35.3 Å². The average Bonchev–Trinajstić information content (AvgIpc) is 3.36. The molecule has 0 radical (unpaired) electrons. The Morgan fingerprint density at radius 3 is 3.00 bits per heavy atom. The molecule has 1 aliphatic heterocycles. The van der Waals surface area contributed by atoms with Crippen molar-refractivity contribution in [1.29, 1.82) is 0 Å².